The fourth-order valence-electron chi connectivity index (χ4n) is 3.74. The van der Waals surface area contributed by atoms with E-state index in [1.54, 1.807) is 19.1 Å². The second-order valence-electron chi connectivity index (χ2n) is 7.99. The molecular formula is C25H30N4O5. The van der Waals surface area contributed by atoms with E-state index in [9.17, 15) is 14.4 Å². The predicted molar refractivity (Wildman–Crippen MR) is 131 cm³/mol. The molecule has 2 aromatic carbocycles. The molecule has 0 radical (unpaired) electrons. The molecule has 9 nitrogen and oxygen atoms in total. The van der Waals surface area contributed by atoms with E-state index in [-0.39, 0.29) is 24.5 Å². The van der Waals surface area contributed by atoms with Crippen LogP contribution in [0.4, 0.5) is 5.82 Å². The largest absolute Gasteiger partial charge is 0.493 e. The quantitative estimate of drug-likeness (QED) is 0.455. The molecule has 0 spiro atoms. The van der Waals surface area contributed by atoms with E-state index in [2.05, 4.69) is 0 Å². The Morgan fingerprint density at radius 3 is 2.41 bits per heavy atom. The number of benzene rings is 2. The lowest BCUT2D eigenvalue weighted by atomic mass is 10.1. The monoisotopic (exact) mass is 466 g/mol. The minimum Gasteiger partial charge on any atom is -0.493 e. The van der Waals surface area contributed by atoms with Crippen LogP contribution >= 0.6 is 0 Å². The average molecular weight is 467 g/mol. The van der Waals surface area contributed by atoms with Gasteiger partial charge in [-0.3, -0.25) is 23.6 Å². The molecule has 9 heteroatoms. The van der Waals surface area contributed by atoms with Crippen molar-refractivity contribution >= 4 is 11.6 Å². The third kappa shape index (κ3) is 5.37. The van der Waals surface area contributed by atoms with Gasteiger partial charge in [0, 0.05) is 13.6 Å². The normalized spacial score (nSPS) is 11.0. The summed E-state index contributed by atoms with van der Waals surface area (Å²) in [7, 11) is 4.68. The van der Waals surface area contributed by atoms with Gasteiger partial charge in [0.15, 0.2) is 17.3 Å². The van der Waals surface area contributed by atoms with Crippen LogP contribution in [0.2, 0.25) is 0 Å². The number of nitrogens with two attached hydrogens (primary N) is 1. The van der Waals surface area contributed by atoms with Crippen molar-refractivity contribution in [1.29, 1.82) is 0 Å². The molecule has 0 aliphatic heterocycles. The molecular weight excluding hydrogens is 436 g/mol. The number of rotatable bonds is 10. The third-order valence-corrected chi connectivity index (χ3v) is 5.44. The molecule has 3 aromatic rings. The van der Waals surface area contributed by atoms with Gasteiger partial charge in [0.05, 0.1) is 26.8 Å². The summed E-state index contributed by atoms with van der Waals surface area (Å²) in [5.41, 5.74) is 6.47. The number of likely N-dealkylation sites (N-methyl/N-ethyl adjacent to an activating group) is 1. The second kappa shape index (κ2) is 10.8. The Balaban J connectivity index is 1.84. The van der Waals surface area contributed by atoms with Crippen molar-refractivity contribution in [3.05, 3.63) is 86.1 Å². The van der Waals surface area contributed by atoms with Crippen LogP contribution in [0.3, 0.4) is 0 Å². The lowest BCUT2D eigenvalue weighted by Crippen LogP contribution is -2.44. The van der Waals surface area contributed by atoms with Gasteiger partial charge in [0.1, 0.15) is 11.4 Å². The van der Waals surface area contributed by atoms with Gasteiger partial charge in [-0.1, -0.05) is 36.4 Å². The average Bonchev–Trinajstić information content (AvgIpc) is 2.82. The summed E-state index contributed by atoms with van der Waals surface area (Å²) < 4.78 is 13.1. The Bertz CT molecular complexity index is 1280. The highest BCUT2D eigenvalue weighted by atomic mass is 16.5. The summed E-state index contributed by atoms with van der Waals surface area (Å²) in [6.07, 6.45) is 0. The Kier molecular flexibility index (Phi) is 7.91. The molecule has 0 amide bonds. The number of aromatic nitrogens is 2. The lowest BCUT2D eigenvalue weighted by molar-refractivity contribution is 0.0941. The number of ketones is 1. The first-order valence-electron chi connectivity index (χ1n) is 10.9. The molecule has 1 heterocycles. The number of nitrogen functional groups attached to an aromatic ring is 1. The van der Waals surface area contributed by atoms with E-state index in [1.165, 1.54) is 11.6 Å². The number of nitrogens with zero attached hydrogens (tertiary/aromatic N) is 3. The van der Waals surface area contributed by atoms with Crippen molar-refractivity contribution in [2.75, 3.05) is 33.0 Å². The van der Waals surface area contributed by atoms with E-state index >= 15 is 0 Å². The van der Waals surface area contributed by atoms with Gasteiger partial charge in [-0.15, -0.1) is 0 Å². The number of Topliss-reactive ketones (excluding diaryl/α,β-unsaturated/α-hetero) is 1. The van der Waals surface area contributed by atoms with Crippen molar-refractivity contribution in [3.63, 3.8) is 0 Å². The maximum Gasteiger partial charge on any atom is 0.332 e. The smallest absolute Gasteiger partial charge is 0.332 e. The maximum absolute atomic E-state index is 13.1. The van der Waals surface area contributed by atoms with Crippen molar-refractivity contribution in [1.82, 2.24) is 14.0 Å². The molecule has 0 unspecified atom stereocenters. The van der Waals surface area contributed by atoms with E-state index < -0.39 is 17.0 Å². The number of methoxy groups -OCH3 is 1. The van der Waals surface area contributed by atoms with Crippen LogP contribution in [0.25, 0.3) is 0 Å². The van der Waals surface area contributed by atoms with Gasteiger partial charge in [0.2, 0.25) is 0 Å². The van der Waals surface area contributed by atoms with Gasteiger partial charge in [-0.25, -0.2) is 4.79 Å². The molecule has 34 heavy (non-hydrogen) atoms. The molecule has 0 saturated heterocycles. The summed E-state index contributed by atoms with van der Waals surface area (Å²) in [6, 6.07) is 14.8. The first-order chi connectivity index (χ1) is 16.3. The highest BCUT2D eigenvalue weighted by molar-refractivity contribution is 6.01. The number of carbonyl (C=O) groups is 1. The van der Waals surface area contributed by atoms with Crippen LogP contribution in [0, 0.1) is 0 Å². The molecule has 0 fully saturated rings. The van der Waals surface area contributed by atoms with E-state index in [0.29, 0.717) is 24.7 Å². The van der Waals surface area contributed by atoms with Crippen LogP contribution in [-0.2, 0) is 20.1 Å². The van der Waals surface area contributed by atoms with Crippen LogP contribution in [0.1, 0.15) is 28.4 Å². The Labute approximate surface area is 198 Å². The van der Waals surface area contributed by atoms with Crippen LogP contribution in [0.5, 0.6) is 11.5 Å². The van der Waals surface area contributed by atoms with Crippen LogP contribution in [0.15, 0.2) is 58.1 Å². The summed E-state index contributed by atoms with van der Waals surface area (Å²) in [4.78, 5) is 40.4. The minimum atomic E-state index is -0.701. The van der Waals surface area contributed by atoms with Crippen molar-refractivity contribution in [2.24, 2.45) is 7.05 Å². The highest BCUT2D eigenvalue weighted by Gasteiger charge is 2.22. The third-order valence-electron chi connectivity index (χ3n) is 5.44. The molecule has 0 atom stereocenters. The zero-order valence-electron chi connectivity index (χ0n) is 19.9. The van der Waals surface area contributed by atoms with Crippen molar-refractivity contribution < 1.29 is 14.3 Å². The molecule has 0 aliphatic rings. The van der Waals surface area contributed by atoms with Gasteiger partial charge >= 0.3 is 5.69 Å². The topological polar surface area (TPSA) is 109 Å². The summed E-state index contributed by atoms with van der Waals surface area (Å²) in [6.45, 7) is 2.94. The number of ether oxygens (including phenoxy) is 2. The molecule has 0 aliphatic carbocycles. The fourth-order valence-corrected chi connectivity index (χ4v) is 3.74. The summed E-state index contributed by atoms with van der Waals surface area (Å²) >= 11 is 0. The lowest BCUT2D eigenvalue weighted by Gasteiger charge is -2.19. The first-order valence-corrected chi connectivity index (χ1v) is 10.9. The van der Waals surface area contributed by atoms with Crippen molar-refractivity contribution in [2.45, 2.75) is 20.0 Å². The maximum atomic E-state index is 13.1. The van der Waals surface area contributed by atoms with Gasteiger partial charge in [-0.2, -0.15) is 0 Å². The van der Waals surface area contributed by atoms with Crippen LogP contribution < -0.4 is 26.5 Å². The molecule has 2 N–H and O–H groups in total. The minimum absolute atomic E-state index is 0.0570. The number of hydrogen-bond acceptors (Lipinski definition) is 7. The number of carbonyl (C=O) groups excluding carboxylic acids is 1. The van der Waals surface area contributed by atoms with Gasteiger partial charge in [0.25, 0.3) is 5.56 Å². The Hall–Kier alpha value is -3.85. The molecule has 3 rings (SSSR count). The summed E-state index contributed by atoms with van der Waals surface area (Å²) in [5, 5.41) is 0. The zero-order chi connectivity index (χ0) is 24.8. The van der Waals surface area contributed by atoms with Crippen LogP contribution in [-0.4, -0.2) is 47.1 Å². The zero-order valence-corrected chi connectivity index (χ0v) is 19.9. The van der Waals surface area contributed by atoms with E-state index in [0.717, 1.165) is 15.7 Å². The standard InChI is InChI=1S/C25H30N4O5/c1-5-34-20-12-11-18(13-21(20)33-4)14-27(2)16-19(30)22-23(26)29(25(32)28(3)24(22)31)15-17-9-7-6-8-10-17/h6-13H,5,14-16,26H2,1-4H3. The molecule has 0 saturated carbocycles. The molecule has 0 bridgehead atoms. The van der Waals surface area contributed by atoms with Gasteiger partial charge < -0.3 is 15.2 Å². The highest BCUT2D eigenvalue weighted by Crippen LogP contribution is 2.28. The predicted octanol–water partition coefficient (Wildman–Crippen LogP) is 1.90. The first kappa shape index (κ1) is 24.8. The Morgan fingerprint density at radius 1 is 1.06 bits per heavy atom. The van der Waals surface area contributed by atoms with Crippen molar-refractivity contribution in [3.8, 4) is 11.5 Å². The number of hydrogen-bond donors (Lipinski definition) is 1. The summed E-state index contributed by atoms with van der Waals surface area (Å²) in [5.74, 6) is 0.660. The Morgan fingerprint density at radius 2 is 1.76 bits per heavy atom. The molecule has 1 aromatic heterocycles. The van der Waals surface area contributed by atoms with E-state index in [4.69, 9.17) is 15.2 Å². The molecule has 180 valence electrons. The number of anilines is 1. The fraction of sp³-hybridized carbons (Fsp3) is 0.320. The SMILES string of the molecule is CCOc1ccc(CN(C)CC(=O)c2c(N)n(Cc3ccccc3)c(=O)n(C)c2=O)cc1OC. The van der Waals surface area contributed by atoms with E-state index in [1.807, 2.05) is 55.5 Å². The second-order valence-corrected chi connectivity index (χ2v) is 7.99. The van der Waals surface area contributed by atoms with Gasteiger partial charge in [-0.05, 0) is 37.2 Å².